The number of methoxy groups -OCH3 is 1. The first-order valence-corrected chi connectivity index (χ1v) is 12.6. The Kier molecular flexibility index (Phi) is 5.52. The molecule has 2 N–H and O–H groups in total. The van der Waals surface area contributed by atoms with E-state index in [2.05, 4.69) is 56.3 Å². The molecule has 0 saturated heterocycles. The van der Waals surface area contributed by atoms with Gasteiger partial charge in [-0.1, -0.05) is 39.0 Å². The second-order valence-corrected chi connectivity index (χ2v) is 13.8. The number of fused-ring (bicyclic) bond motifs is 3. The molecule has 1 unspecified atom stereocenters. The molecular formula is C21H32N2O3Si. The van der Waals surface area contributed by atoms with Crippen molar-refractivity contribution < 1.29 is 14.0 Å². The zero-order valence-electron chi connectivity index (χ0n) is 17.3. The monoisotopic (exact) mass is 388 g/mol. The van der Waals surface area contributed by atoms with Crippen molar-refractivity contribution in [2.24, 2.45) is 0 Å². The van der Waals surface area contributed by atoms with Gasteiger partial charge in [0.2, 0.25) is 0 Å². The number of benzene rings is 1. The van der Waals surface area contributed by atoms with Gasteiger partial charge in [0.1, 0.15) is 6.04 Å². The third kappa shape index (κ3) is 3.98. The molecule has 27 heavy (non-hydrogen) atoms. The predicted octanol–water partition coefficient (Wildman–Crippen LogP) is 4.31. The quantitative estimate of drug-likeness (QED) is 0.592. The van der Waals surface area contributed by atoms with Gasteiger partial charge >= 0.3 is 5.97 Å². The normalized spacial score (nSPS) is 20.5. The lowest BCUT2D eigenvalue weighted by atomic mass is 9.92. The molecule has 1 aliphatic heterocycles. The van der Waals surface area contributed by atoms with Crippen LogP contribution in [0.4, 0.5) is 0 Å². The number of hydrogen-bond acceptors (Lipinski definition) is 4. The Labute approximate surface area is 163 Å². The van der Waals surface area contributed by atoms with Crippen LogP contribution in [0.5, 0.6) is 0 Å². The van der Waals surface area contributed by atoms with Crippen LogP contribution in [0, 0.1) is 0 Å². The Balaban J connectivity index is 1.83. The molecule has 0 spiro atoms. The zero-order valence-corrected chi connectivity index (χ0v) is 18.3. The number of hydrogen-bond donors (Lipinski definition) is 2. The molecule has 2 atom stereocenters. The molecule has 0 fully saturated rings. The molecule has 0 aliphatic carbocycles. The van der Waals surface area contributed by atoms with Crippen molar-refractivity contribution in [3.05, 3.63) is 35.5 Å². The van der Waals surface area contributed by atoms with Gasteiger partial charge in [-0.15, -0.1) is 0 Å². The number of ether oxygens (including phenoxy) is 1. The molecule has 0 amide bonds. The average molecular weight is 389 g/mol. The molecule has 0 radical (unpaired) electrons. The van der Waals surface area contributed by atoms with E-state index < -0.39 is 8.32 Å². The van der Waals surface area contributed by atoms with E-state index in [-0.39, 0.29) is 23.1 Å². The van der Waals surface area contributed by atoms with Crippen molar-refractivity contribution in [2.45, 2.75) is 63.8 Å². The van der Waals surface area contributed by atoms with Gasteiger partial charge in [0.15, 0.2) is 8.32 Å². The number of carbonyl (C=O) groups excluding carboxylic acids is 1. The van der Waals surface area contributed by atoms with E-state index in [1.165, 1.54) is 23.8 Å². The minimum atomic E-state index is -1.79. The maximum Gasteiger partial charge on any atom is 0.323 e. The van der Waals surface area contributed by atoms with E-state index >= 15 is 0 Å². The molecule has 0 saturated carbocycles. The highest BCUT2D eigenvalue weighted by molar-refractivity contribution is 6.74. The van der Waals surface area contributed by atoms with Gasteiger partial charge in [0, 0.05) is 29.6 Å². The Morgan fingerprint density at radius 3 is 2.63 bits per heavy atom. The van der Waals surface area contributed by atoms with Crippen molar-refractivity contribution in [3.63, 3.8) is 0 Å². The van der Waals surface area contributed by atoms with Gasteiger partial charge in [-0.3, -0.25) is 10.1 Å². The fourth-order valence-corrected chi connectivity index (χ4v) is 4.56. The summed E-state index contributed by atoms with van der Waals surface area (Å²) in [4.78, 5) is 15.8. The van der Waals surface area contributed by atoms with Crippen LogP contribution in [0.15, 0.2) is 24.3 Å². The summed E-state index contributed by atoms with van der Waals surface area (Å²) in [6.45, 7) is 12.0. The lowest BCUT2D eigenvalue weighted by molar-refractivity contribution is -0.143. The molecule has 1 aromatic carbocycles. The van der Waals surface area contributed by atoms with Crippen molar-refractivity contribution >= 4 is 25.2 Å². The van der Waals surface area contributed by atoms with Crippen molar-refractivity contribution in [1.82, 2.24) is 10.3 Å². The van der Waals surface area contributed by atoms with Crippen LogP contribution in [0.3, 0.4) is 0 Å². The van der Waals surface area contributed by atoms with Gasteiger partial charge in [-0.2, -0.15) is 0 Å². The van der Waals surface area contributed by atoms with Crippen LogP contribution < -0.4 is 5.32 Å². The standard InChI is InChI=1S/C21H32N2O3Si/c1-21(2,3)27(5,6)26-12-11-17-19-15(13-18(22-17)20(24)25-4)14-9-7-8-10-16(14)23-19/h7-10,17-18,22-23H,11-13H2,1-6H3/t17?,18-/m0/s1. The van der Waals surface area contributed by atoms with E-state index in [1.54, 1.807) is 0 Å². The Hall–Kier alpha value is -1.63. The first-order valence-electron chi connectivity index (χ1n) is 9.71. The molecule has 2 heterocycles. The average Bonchev–Trinajstić information content (AvgIpc) is 2.98. The second kappa shape index (κ2) is 7.41. The zero-order chi connectivity index (χ0) is 19.8. The van der Waals surface area contributed by atoms with Crippen LogP contribution in [-0.2, 0) is 20.4 Å². The minimum absolute atomic E-state index is 0.0509. The highest BCUT2D eigenvalue weighted by Crippen LogP contribution is 2.38. The van der Waals surface area contributed by atoms with Gasteiger partial charge in [-0.25, -0.2) is 0 Å². The van der Waals surface area contributed by atoms with Crippen LogP contribution >= 0.6 is 0 Å². The fraction of sp³-hybridized carbons (Fsp3) is 0.571. The van der Waals surface area contributed by atoms with Gasteiger partial charge in [0.05, 0.1) is 13.2 Å². The van der Waals surface area contributed by atoms with Crippen LogP contribution in [0.1, 0.15) is 44.5 Å². The molecule has 6 heteroatoms. The van der Waals surface area contributed by atoms with Gasteiger partial charge in [0.25, 0.3) is 0 Å². The topological polar surface area (TPSA) is 63.4 Å². The number of carbonyl (C=O) groups is 1. The van der Waals surface area contributed by atoms with Crippen LogP contribution in [0.2, 0.25) is 18.1 Å². The van der Waals surface area contributed by atoms with Gasteiger partial charge < -0.3 is 14.1 Å². The summed E-state index contributed by atoms with van der Waals surface area (Å²) in [6, 6.07) is 8.01. The summed E-state index contributed by atoms with van der Waals surface area (Å²) in [5.74, 6) is -0.207. The SMILES string of the molecule is COC(=O)[C@@H]1Cc2c([nH]c3ccccc23)C(CCO[Si](C)(C)C(C)(C)C)N1. The molecule has 148 valence electrons. The lowest BCUT2D eigenvalue weighted by Crippen LogP contribution is -2.46. The minimum Gasteiger partial charge on any atom is -0.468 e. The molecule has 2 aromatic rings. The molecule has 5 nitrogen and oxygen atoms in total. The third-order valence-electron chi connectivity index (χ3n) is 6.17. The van der Waals surface area contributed by atoms with Crippen molar-refractivity contribution in [3.8, 4) is 0 Å². The maximum atomic E-state index is 12.2. The lowest BCUT2D eigenvalue weighted by Gasteiger charge is -2.37. The first kappa shape index (κ1) is 20.1. The second-order valence-electron chi connectivity index (χ2n) is 8.96. The third-order valence-corrected chi connectivity index (χ3v) is 10.7. The number of esters is 1. The highest BCUT2D eigenvalue weighted by atomic mass is 28.4. The summed E-state index contributed by atoms with van der Waals surface area (Å²) in [6.07, 6.45) is 1.46. The number of H-pyrrole nitrogens is 1. The van der Waals surface area contributed by atoms with E-state index in [0.717, 1.165) is 11.9 Å². The fourth-order valence-electron chi connectivity index (χ4n) is 3.50. The summed E-state index contributed by atoms with van der Waals surface area (Å²) in [7, 11) is -0.339. The van der Waals surface area contributed by atoms with Crippen molar-refractivity contribution in [2.75, 3.05) is 13.7 Å². The number of aromatic amines is 1. The van der Waals surface area contributed by atoms with Gasteiger partial charge in [-0.05, 0) is 36.2 Å². The molecule has 0 bridgehead atoms. The summed E-state index contributed by atoms with van der Waals surface area (Å²) in [5, 5.41) is 4.86. The number of nitrogens with one attached hydrogen (secondary N) is 2. The largest absolute Gasteiger partial charge is 0.468 e. The Bertz CT molecular complexity index is 822. The van der Waals surface area contributed by atoms with E-state index in [1.807, 2.05) is 12.1 Å². The summed E-state index contributed by atoms with van der Waals surface area (Å²) in [5.41, 5.74) is 3.51. The van der Waals surface area contributed by atoms with E-state index in [4.69, 9.17) is 9.16 Å². The maximum absolute atomic E-state index is 12.2. The summed E-state index contributed by atoms with van der Waals surface area (Å²) >= 11 is 0. The van der Waals surface area contributed by atoms with E-state index in [0.29, 0.717) is 13.0 Å². The first-order chi connectivity index (χ1) is 12.6. The Morgan fingerprint density at radius 2 is 1.96 bits per heavy atom. The Morgan fingerprint density at radius 1 is 1.26 bits per heavy atom. The molecular weight excluding hydrogens is 356 g/mol. The molecule has 1 aromatic heterocycles. The van der Waals surface area contributed by atoms with Crippen LogP contribution in [0.25, 0.3) is 10.9 Å². The van der Waals surface area contributed by atoms with E-state index in [9.17, 15) is 4.79 Å². The molecule has 3 rings (SSSR count). The predicted molar refractivity (Wildman–Crippen MR) is 111 cm³/mol. The number of para-hydroxylation sites is 1. The van der Waals surface area contributed by atoms with Crippen molar-refractivity contribution in [1.29, 1.82) is 0 Å². The molecule has 1 aliphatic rings. The summed E-state index contributed by atoms with van der Waals surface area (Å²) < 4.78 is 11.4. The number of rotatable bonds is 5. The smallest absolute Gasteiger partial charge is 0.323 e. The highest BCUT2D eigenvalue weighted by Gasteiger charge is 2.38. The number of aromatic nitrogens is 1. The van der Waals surface area contributed by atoms with Crippen LogP contribution in [-0.4, -0.2) is 39.0 Å².